The standard InChI is InChI=1S/C11H16IN3O2/c1-6(2)4-8-9(12)10(14-5-13-8)15-7(3)11(16)17/h5-7H,4H2,1-3H3,(H,16,17)(H,13,14,15)/t7-/m0/s1. The van der Waals surface area contributed by atoms with Crippen molar-refractivity contribution in [2.75, 3.05) is 5.32 Å². The third-order valence-corrected chi connectivity index (χ3v) is 3.32. The first-order chi connectivity index (χ1) is 7.91. The fraction of sp³-hybridized carbons (Fsp3) is 0.545. The van der Waals surface area contributed by atoms with Crippen LogP contribution in [0.4, 0.5) is 5.82 Å². The second-order valence-corrected chi connectivity index (χ2v) is 5.36. The molecule has 0 aliphatic carbocycles. The Balaban J connectivity index is 2.90. The number of anilines is 1. The van der Waals surface area contributed by atoms with Crippen molar-refractivity contribution in [1.82, 2.24) is 9.97 Å². The number of hydrogen-bond acceptors (Lipinski definition) is 4. The average Bonchev–Trinajstić information content (AvgIpc) is 2.23. The lowest BCUT2D eigenvalue weighted by molar-refractivity contribution is -0.137. The summed E-state index contributed by atoms with van der Waals surface area (Å²) >= 11 is 2.15. The normalized spacial score (nSPS) is 12.5. The summed E-state index contributed by atoms with van der Waals surface area (Å²) in [6, 6.07) is -0.662. The molecule has 1 rings (SSSR count). The van der Waals surface area contributed by atoms with Crippen LogP contribution in [0.1, 0.15) is 26.5 Å². The predicted molar refractivity (Wildman–Crippen MR) is 74.0 cm³/mol. The minimum atomic E-state index is -0.898. The van der Waals surface area contributed by atoms with Gasteiger partial charge in [-0.2, -0.15) is 0 Å². The highest BCUT2D eigenvalue weighted by Crippen LogP contribution is 2.20. The lowest BCUT2D eigenvalue weighted by atomic mass is 10.1. The molecule has 2 N–H and O–H groups in total. The number of aliphatic carboxylic acids is 1. The molecule has 0 aromatic carbocycles. The molecule has 0 saturated heterocycles. The molecule has 5 nitrogen and oxygen atoms in total. The van der Waals surface area contributed by atoms with Crippen LogP contribution in [-0.4, -0.2) is 27.1 Å². The van der Waals surface area contributed by atoms with Gasteiger partial charge in [-0.25, -0.2) is 9.97 Å². The summed E-state index contributed by atoms with van der Waals surface area (Å²) in [4.78, 5) is 19.1. The van der Waals surface area contributed by atoms with Crippen molar-refractivity contribution < 1.29 is 9.90 Å². The molecular weight excluding hydrogens is 333 g/mol. The van der Waals surface area contributed by atoms with Crippen LogP contribution in [0, 0.1) is 9.49 Å². The molecule has 6 heteroatoms. The Bertz CT molecular complexity index is 410. The zero-order chi connectivity index (χ0) is 13.0. The molecule has 1 atom stereocenters. The van der Waals surface area contributed by atoms with Gasteiger partial charge in [-0.1, -0.05) is 13.8 Å². The number of carboxylic acids is 1. The first-order valence-electron chi connectivity index (χ1n) is 5.40. The number of halogens is 1. The number of nitrogens with zero attached hydrogens (tertiary/aromatic N) is 2. The Hall–Kier alpha value is -0.920. The van der Waals surface area contributed by atoms with Crippen LogP contribution in [0.3, 0.4) is 0 Å². The summed E-state index contributed by atoms with van der Waals surface area (Å²) in [5, 5.41) is 11.7. The minimum Gasteiger partial charge on any atom is -0.480 e. The molecule has 0 bridgehead atoms. The van der Waals surface area contributed by atoms with Gasteiger partial charge in [0.1, 0.15) is 18.2 Å². The number of rotatable bonds is 5. The van der Waals surface area contributed by atoms with E-state index in [1.807, 2.05) is 0 Å². The van der Waals surface area contributed by atoms with Crippen LogP contribution in [0.25, 0.3) is 0 Å². The minimum absolute atomic E-state index is 0.503. The first-order valence-corrected chi connectivity index (χ1v) is 6.48. The zero-order valence-electron chi connectivity index (χ0n) is 10.1. The number of nitrogens with one attached hydrogen (secondary N) is 1. The molecule has 1 aromatic heterocycles. The molecule has 0 saturated carbocycles. The SMILES string of the molecule is CC(C)Cc1ncnc(N[C@@H](C)C(=O)O)c1I. The lowest BCUT2D eigenvalue weighted by Crippen LogP contribution is -2.26. The summed E-state index contributed by atoms with van der Waals surface area (Å²) in [7, 11) is 0. The van der Waals surface area contributed by atoms with E-state index < -0.39 is 12.0 Å². The van der Waals surface area contributed by atoms with Gasteiger partial charge in [0.25, 0.3) is 0 Å². The van der Waals surface area contributed by atoms with Crippen molar-refractivity contribution in [1.29, 1.82) is 0 Å². The molecule has 17 heavy (non-hydrogen) atoms. The predicted octanol–water partition coefficient (Wildman–Crippen LogP) is 2.16. The number of carbonyl (C=O) groups is 1. The monoisotopic (exact) mass is 349 g/mol. The topological polar surface area (TPSA) is 75.1 Å². The van der Waals surface area contributed by atoms with Gasteiger partial charge in [-0.3, -0.25) is 4.79 Å². The van der Waals surface area contributed by atoms with E-state index in [2.05, 4.69) is 51.7 Å². The Kier molecular flexibility index (Phi) is 5.10. The van der Waals surface area contributed by atoms with E-state index in [0.29, 0.717) is 11.7 Å². The second-order valence-electron chi connectivity index (χ2n) is 4.29. The van der Waals surface area contributed by atoms with Crippen molar-refractivity contribution in [2.24, 2.45) is 5.92 Å². The second kappa shape index (κ2) is 6.13. The lowest BCUT2D eigenvalue weighted by Gasteiger charge is -2.13. The maximum Gasteiger partial charge on any atom is 0.325 e. The molecule has 0 aliphatic heterocycles. The van der Waals surface area contributed by atoms with Gasteiger partial charge in [-0.15, -0.1) is 0 Å². The van der Waals surface area contributed by atoms with Gasteiger partial charge in [0.15, 0.2) is 0 Å². The Labute approximate surface area is 114 Å². The largest absolute Gasteiger partial charge is 0.480 e. The Morgan fingerprint density at radius 2 is 2.12 bits per heavy atom. The van der Waals surface area contributed by atoms with Gasteiger partial charge in [0, 0.05) is 0 Å². The smallest absolute Gasteiger partial charge is 0.325 e. The summed E-state index contributed by atoms with van der Waals surface area (Å²) in [5.74, 6) is 0.194. The third kappa shape index (κ3) is 4.10. The highest BCUT2D eigenvalue weighted by Gasteiger charge is 2.15. The molecule has 94 valence electrons. The van der Waals surface area contributed by atoms with E-state index in [-0.39, 0.29) is 0 Å². The van der Waals surface area contributed by atoms with E-state index in [4.69, 9.17) is 5.11 Å². The van der Waals surface area contributed by atoms with Crippen molar-refractivity contribution in [3.8, 4) is 0 Å². The van der Waals surface area contributed by atoms with Gasteiger partial charge < -0.3 is 10.4 Å². The zero-order valence-corrected chi connectivity index (χ0v) is 12.2. The molecule has 0 radical (unpaired) electrons. The fourth-order valence-electron chi connectivity index (χ4n) is 1.30. The van der Waals surface area contributed by atoms with Crippen molar-refractivity contribution in [3.63, 3.8) is 0 Å². The van der Waals surface area contributed by atoms with Crippen LogP contribution in [-0.2, 0) is 11.2 Å². The highest BCUT2D eigenvalue weighted by atomic mass is 127. The molecule has 0 unspecified atom stereocenters. The maximum absolute atomic E-state index is 10.8. The van der Waals surface area contributed by atoms with E-state index in [0.717, 1.165) is 15.7 Å². The number of carboxylic acid groups (broad SMARTS) is 1. The van der Waals surface area contributed by atoms with E-state index in [1.165, 1.54) is 6.33 Å². The molecular formula is C11H16IN3O2. The highest BCUT2D eigenvalue weighted by molar-refractivity contribution is 14.1. The van der Waals surface area contributed by atoms with Gasteiger partial charge >= 0.3 is 5.97 Å². The summed E-state index contributed by atoms with van der Waals surface area (Å²) in [5.41, 5.74) is 0.954. The van der Waals surface area contributed by atoms with Crippen molar-refractivity contribution in [2.45, 2.75) is 33.2 Å². The van der Waals surface area contributed by atoms with Crippen LogP contribution in [0.5, 0.6) is 0 Å². The van der Waals surface area contributed by atoms with Crippen molar-refractivity contribution in [3.05, 3.63) is 15.6 Å². The molecule has 0 amide bonds. The van der Waals surface area contributed by atoms with Crippen LogP contribution in [0.15, 0.2) is 6.33 Å². The molecule has 1 heterocycles. The van der Waals surface area contributed by atoms with Gasteiger partial charge in [0.05, 0.1) is 9.26 Å². The third-order valence-electron chi connectivity index (χ3n) is 2.19. The van der Waals surface area contributed by atoms with Crippen LogP contribution in [0.2, 0.25) is 0 Å². The van der Waals surface area contributed by atoms with E-state index in [1.54, 1.807) is 6.92 Å². The van der Waals surface area contributed by atoms with E-state index in [9.17, 15) is 4.79 Å². The van der Waals surface area contributed by atoms with Crippen molar-refractivity contribution >= 4 is 34.4 Å². The molecule has 0 aliphatic rings. The number of aromatic nitrogens is 2. The Morgan fingerprint density at radius 3 is 2.65 bits per heavy atom. The maximum atomic E-state index is 10.8. The summed E-state index contributed by atoms with van der Waals surface area (Å²) < 4.78 is 0.895. The molecule has 0 fully saturated rings. The quantitative estimate of drug-likeness (QED) is 0.797. The van der Waals surface area contributed by atoms with Gasteiger partial charge in [0.2, 0.25) is 0 Å². The molecule has 1 aromatic rings. The summed E-state index contributed by atoms with van der Waals surface area (Å²) in [6.45, 7) is 5.82. The van der Waals surface area contributed by atoms with Gasteiger partial charge in [-0.05, 0) is 41.9 Å². The average molecular weight is 349 g/mol. The molecule has 0 spiro atoms. The first kappa shape index (κ1) is 14.1. The fourth-order valence-corrected chi connectivity index (χ4v) is 1.96. The van der Waals surface area contributed by atoms with Crippen LogP contribution >= 0.6 is 22.6 Å². The van der Waals surface area contributed by atoms with E-state index >= 15 is 0 Å². The Morgan fingerprint density at radius 1 is 1.47 bits per heavy atom. The summed E-state index contributed by atoms with van der Waals surface area (Å²) in [6.07, 6.45) is 2.33. The van der Waals surface area contributed by atoms with Crippen LogP contribution < -0.4 is 5.32 Å². The number of hydrogen-bond donors (Lipinski definition) is 2.